The van der Waals surface area contributed by atoms with Crippen LogP contribution in [0, 0.1) is 5.92 Å². The van der Waals surface area contributed by atoms with Crippen molar-refractivity contribution in [2.45, 2.75) is 25.9 Å². The van der Waals surface area contributed by atoms with Crippen molar-refractivity contribution in [3.05, 3.63) is 0 Å². The van der Waals surface area contributed by atoms with E-state index in [-0.39, 0.29) is 0 Å². The zero-order valence-electron chi connectivity index (χ0n) is 6.94. The highest BCUT2D eigenvalue weighted by atomic mass is 16.4. The fraction of sp³-hybridized carbons (Fsp3) is 0.714. The summed E-state index contributed by atoms with van der Waals surface area (Å²) in [5, 5.41) is 26.1. The Hall–Kier alpha value is -1.10. The van der Waals surface area contributed by atoms with Crippen molar-refractivity contribution in [1.29, 1.82) is 0 Å². The minimum atomic E-state index is -1.51. The smallest absolute Gasteiger partial charge is 0.310 e. The molecule has 70 valence electrons. The molecule has 0 radical (unpaired) electrons. The third-order valence-electron chi connectivity index (χ3n) is 1.53. The van der Waals surface area contributed by atoms with Crippen LogP contribution in [-0.2, 0) is 9.59 Å². The maximum Gasteiger partial charge on any atom is 0.310 e. The fourth-order valence-electron chi connectivity index (χ4n) is 0.814. The Balaban J connectivity index is 4.46. The lowest BCUT2D eigenvalue weighted by Crippen LogP contribution is -2.38. The molecule has 0 aliphatic carbocycles. The van der Waals surface area contributed by atoms with E-state index in [9.17, 15) is 14.7 Å². The Morgan fingerprint density at radius 3 is 1.83 bits per heavy atom. The zero-order chi connectivity index (χ0) is 9.94. The van der Waals surface area contributed by atoms with Gasteiger partial charge in [0.15, 0.2) is 0 Å². The van der Waals surface area contributed by atoms with E-state index in [0.717, 1.165) is 0 Å². The van der Waals surface area contributed by atoms with Crippen molar-refractivity contribution in [2.24, 2.45) is 5.92 Å². The third kappa shape index (κ3) is 3.34. The molecule has 0 rings (SSSR count). The molecule has 0 spiro atoms. The van der Waals surface area contributed by atoms with Crippen molar-refractivity contribution in [1.82, 2.24) is 0 Å². The molecule has 1 atom stereocenters. The second-order valence-electron chi connectivity index (χ2n) is 3.14. The van der Waals surface area contributed by atoms with Gasteiger partial charge in [-0.1, -0.05) is 0 Å². The Morgan fingerprint density at radius 1 is 1.33 bits per heavy atom. The Morgan fingerprint density at radius 2 is 1.75 bits per heavy atom. The molecule has 0 saturated carbocycles. The number of aliphatic hydroxyl groups is 1. The first-order valence-electron chi connectivity index (χ1n) is 3.42. The summed E-state index contributed by atoms with van der Waals surface area (Å²) in [6.45, 7) is 2.55. The molecule has 0 aromatic heterocycles. The standard InChI is InChI=1S/C7H12O5/c1-7(2,12)4(6(10)11)3-5(8)9/h4,12H,3H2,1-2H3,(H,8,9)(H,10,11). The molecule has 0 fully saturated rings. The van der Waals surface area contributed by atoms with E-state index < -0.39 is 29.9 Å². The average Bonchev–Trinajstić information content (AvgIpc) is 1.79. The van der Waals surface area contributed by atoms with Crippen molar-refractivity contribution in [3.63, 3.8) is 0 Å². The number of hydrogen-bond acceptors (Lipinski definition) is 3. The lowest BCUT2D eigenvalue weighted by molar-refractivity contribution is -0.156. The van der Waals surface area contributed by atoms with Gasteiger partial charge in [0.1, 0.15) is 0 Å². The van der Waals surface area contributed by atoms with Gasteiger partial charge in [-0.15, -0.1) is 0 Å². The average molecular weight is 176 g/mol. The van der Waals surface area contributed by atoms with Crippen LogP contribution in [0.3, 0.4) is 0 Å². The van der Waals surface area contributed by atoms with Gasteiger partial charge in [-0.05, 0) is 13.8 Å². The minimum Gasteiger partial charge on any atom is -0.481 e. The largest absolute Gasteiger partial charge is 0.481 e. The molecule has 1 unspecified atom stereocenters. The SMILES string of the molecule is CC(C)(O)C(CC(=O)O)C(=O)O. The minimum absolute atomic E-state index is 0.571. The molecule has 0 heterocycles. The van der Waals surface area contributed by atoms with Gasteiger partial charge in [0.2, 0.25) is 0 Å². The van der Waals surface area contributed by atoms with Crippen molar-refractivity contribution < 1.29 is 24.9 Å². The number of rotatable bonds is 4. The van der Waals surface area contributed by atoms with Crippen LogP contribution in [-0.4, -0.2) is 32.9 Å². The van der Waals surface area contributed by atoms with Crippen molar-refractivity contribution in [3.8, 4) is 0 Å². The first-order valence-corrected chi connectivity index (χ1v) is 3.42. The molecule has 0 aromatic carbocycles. The molecule has 0 aliphatic rings. The predicted molar refractivity (Wildman–Crippen MR) is 39.7 cm³/mol. The van der Waals surface area contributed by atoms with E-state index in [4.69, 9.17) is 10.2 Å². The Kier molecular flexibility index (Phi) is 3.21. The zero-order valence-corrected chi connectivity index (χ0v) is 6.94. The van der Waals surface area contributed by atoms with Gasteiger partial charge in [0.05, 0.1) is 17.9 Å². The Bertz CT molecular complexity index is 190. The lowest BCUT2D eigenvalue weighted by Gasteiger charge is -2.23. The van der Waals surface area contributed by atoms with Gasteiger partial charge in [0, 0.05) is 0 Å². The normalized spacial score (nSPS) is 13.9. The summed E-state index contributed by atoms with van der Waals surface area (Å²) in [5.74, 6) is -3.80. The summed E-state index contributed by atoms with van der Waals surface area (Å²) in [6.07, 6.45) is -0.571. The van der Waals surface area contributed by atoms with Crippen molar-refractivity contribution >= 4 is 11.9 Å². The van der Waals surface area contributed by atoms with Crippen LogP contribution in [0.1, 0.15) is 20.3 Å². The van der Waals surface area contributed by atoms with Gasteiger partial charge in [-0.2, -0.15) is 0 Å². The monoisotopic (exact) mass is 176 g/mol. The molecule has 0 amide bonds. The number of aliphatic carboxylic acids is 2. The second kappa shape index (κ2) is 3.53. The van der Waals surface area contributed by atoms with E-state index in [1.54, 1.807) is 0 Å². The third-order valence-corrected chi connectivity index (χ3v) is 1.53. The molecule has 0 aliphatic heterocycles. The molecular formula is C7H12O5. The van der Waals surface area contributed by atoms with Crippen molar-refractivity contribution in [2.75, 3.05) is 0 Å². The summed E-state index contributed by atoms with van der Waals surface area (Å²) in [6, 6.07) is 0. The molecule has 0 saturated heterocycles. The highest BCUT2D eigenvalue weighted by molar-refractivity contribution is 5.78. The van der Waals surface area contributed by atoms with Crippen LogP contribution >= 0.6 is 0 Å². The fourth-order valence-corrected chi connectivity index (χ4v) is 0.814. The molecule has 0 aromatic rings. The van der Waals surface area contributed by atoms with E-state index in [2.05, 4.69) is 0 Å². The van der Waals surface area contributed by atoms with E-state index in [1.807, 2.05) is 0 Å². The van der Waals surface area contributed by atoms with Crippen LogP contribution in [0.2, 0.25) is 0 Å². The number of hydrogen-bond donors (Lipinski definition) is 3. The van der Waals surface area contributed by atoms with E-state index in [0.29, 0.717) is 0 Å². The number of carboxylic acid groups (broad SMARTS) is 2. The summed E-state index contributed by atoms with van der Waals surface area (Å²) >= 11 is 0. The molecule has 5 heteroatoms. The summed E-state index contributed by atoms with van der Waals surface area (Å²) < 4.78 is 0. The summed E-state index contributed by atoms with van der Waals surface area (Å²) in [5.41, 5.74) is -1.51. The summed E-state index contributed by atoms with van der Waals surface area (Å²) in [7, 11) is 0. The van der Waals surface area contributed by atoms with E-state index >= 15 is 0 Å². The molecule has 3 N–H and O–H groups in total. The van der Waals surface area contributed by atoms with Gasteiger partial charge < -0.3 is 15.3 Å². The molecule has 12 heavy (non-hydrogen) atoms. The number of carbonyl (C=O) groups is 2. The maximum atomic E-state index is 10.5. The highest BCUT2D eigenvalue weighted by Crippen LogP contribution is 2.20. The quantitative estimate of drug-likeness (QED) is 0.557. The first kappa shape index (κ1) is 10.9. The lowest BCUT2D eigenvalue weighted by atomic mass is 9.88. The van der Waals surface area contributed by atoms with E-state index in [1.165, 1.54) is 13.8 Å². The summed E-state index contributed by atoms with van der Waals surface area (Å²) in [4.78, 5) is 20.6. The predicted octanol–water partition coefficient (Wildman–Crippen LogP) is -0.0672. The van der Waals surface area contributed by atoms with Gasteiger partial charge in [0.25, 0.3) is 0 Å². The Labute approximate surface area is 69.6 Å². The van der Waals surface area contributed by atoms with Gasteiger partial charge in [-0.3, -0.25) is 9.59 Å². The van der Waals surface area contributed by atoms with Gasteiger partial charge in [-0.25, -0.2) is 0 Å². The topological polar surface area (TPSA) is 94.8 Å². The first-order chi connectivity index (χ1) is 5.25. The van der Waals surface area contributed by atoms with Crippen LogP contribution in [0.25, 0.3) is 0 Å². The van der Waals surface area contributed by atoms with Gasteiger partial charge >= 0.3 is 11.9 Å². The maximum absolute atomic E-state index is 10.5. The molecular weight excluding hydrogens is 164 g/mol. The van der Waals surface area contributed by atoms with Crippen LogP contribution < -0.4 is 0 Å². The molecule has 0 bridgehead atoms. The van der Waals surface area contributed by atoms with Crippen LogP contribution in [0.15, 0.2) is 0 Å². The van der Waals surface area contributed by atoms with Crippen LogP contribution in [0.4, 0.5) is 0 Å². The van der Waals surface area contributed by atoms with Crippen LogP contribution in [0.5, 0.6) is 0 Å². The highest BCUT2D eigenvalue weighted by Gasteiger charge is 2.34. The second-order valence-corrected chi connectivity index (χ2v) is 3.14. The number of carboxylic acids is 2. The molecule has 5 nitrogen and oxygen atoms in total.